The van der Waals surface area contributed by atoms with E-state index in [1.165, 1.54) is 18.8 Å². The molecule has 346 valence electrons. The Labute approximate surface area is 388 Å². The summed E-state index contributed by atoms with van der Waals surface area (Å²) in [6.07, 6.45) is 13.3. The lowest BCUT2D eigenvalue weighted by molar-refractivity contribution is 0.0914. The Hall–Kier alpha value is -7.44. The van der Waals surface area contributed by atoms with Crippen molar-refractivity contribution in [2.45, 2.75) is 90.3 Å². The third kappa shape index (κ3) is 13.1. The van der Waals surface area contributed by atoms with Crippen molar-refractivity contribution < 1.29 is 27.6 Å². The maximum Gasteiger partial charge on any atom is 0.273 e. The van der Waals surface area contributed by atoms with E-state index in [1.54, 1.807) is 24.8 Å². The molecule has 0 spiro atoms. The molecule has 0 aromatic carbocycles. The van der Waals surface area contributed by atoms with Gasteiger partial charge >= 0.3 is 0 Å². The van der Waals surface area contributed by atoms with E-state index in [9.17, 15) is 14.4 Å². The van der Waals surface area contributed by atoms with E-state index >= 15 is 0 Å². The molecule has 8 heterocycles. The van der Waals surface area contributed by atoms with Crippen LogP contribution in [0, 0.1) is 5.92 Å². The lowest BCUT2D eigenvalue weighted by Crippen LogP contribution is -2.33. The number of rotatable bonds is 18. The summed E-state index contributed by atoms with van der Waals surface area (Å²) in [5.74, 6) is -1.05. The first-order valence-corrected chi connectivity index (χ1v) is 22.6. The van der Waals surface area contributed by atoms with Crippen molar-refractivity contribution in [1.29, 1.82) is 0 Å². The van der Waals surface area contributed by atoms with E-state index in [0.717, 1.165) is 22.8 Å². The minimum absolute atomic E-state index is 0.00534. The minimum atomic E-state index is -0.764. The zero-order chi connectivity index (χ0) is 46.4. The van der Waals surface area contributed by atoms with Gasteiger partial charge in [-0.05, 0) is 99.6 Å². The van der Waals surface area contributed by atoms with Gasteiger partial charge in [0.25, 0.3) is 17.7 Å². The summed E-state index contributed by atoms with van der Waals surface area (Å²) >= 11 is 0. The first kappa shape index (κ1) is 46.1. The number of hydrogen-bond acceptors (Lipinski definition) is 15. The molecule has 67 heavy (non-hydrogen) atoms. The highest BCUT2D eigenvalue weighted by Gasteiger charge is 2.30. The Kier molecular flexibility index (Phi) is 15.6. The van der Waals surface area contributed by atoms with Crippen molar-refractivity contribution >= 4 is 17.7 Å². The van der Waals surface area contributed by atoms with Crippen LogP contribution in [0.1, 0.15) is 136 Å². The Balaban J connectivity index is 1.05. The number of carbonyl (C=O) groups is 3. The van der Waals surface area contributed by atoms with Crippen molar-refractivity contribution in [1.82, 2.24) is 60.6 Å². The van der Waals surface area contributed by atoms with Crippen LogP contribution < -0.4 is 16.0 Å². The molecule has 0 saturated carbocycles. The Bertz CT molecular complexity index is 2470. The largest absolute Gasteiger partial charge is 0.446 e. The maximum absolute atomic E-state index is 14.1. The zero-order valence-corrected chi connectivity index (χ0v) is 37.5. The molecule has 18 nitrogen and oxygen atoms in total. The first-order chi connectivity index (χ1) is 32.7. The van der Waals surface area contributed by atoms with E-state index in [0.29, 0.717) is 71.4 Å². The normalized spacial score (nSPS) is 16.7. The summed E-state index contributed by atoms with van der Waals surface area (Å²) in [4.78, 5) is 78.2. The minimum Gasteiger partial charge on any atom is -0.446 e. The summed E-state index contributed by atoms with van der Waals surface area (Å²) in [6, 6.07) is 21.1. The molecule has 3 amide bonds. The topological polar surface area (TPSA) is 223 Å². The number of oxazole rings is 3. The molecule has 0 fully saturated rings. The molecule has 8 rings (SSSR count). The number of amides is 3. The summed E-state index contributed by atoms with van der Waals surface area (Å²) in [6.45, 7) is 7.54. The van der Waals surface area contributed by atoms with Crippen molar-refractivity contribution in [2.24, 2.45) is 5.92 Å². The fourth-order valence-corrected chi connectivity index (χ4v) is 7.91. The average molecular weight is 907 g/mol. The lowest BCUT2D eigenvalue weighted by Gasteiger charge is -2.23. The third-order valence-electron chi connectivity index (χ3n) is 11.2. The lowest BCUT2D eigenvalue weighted by atomic mass is 10.0. The molecular formula is C49H54N12O6. The van der Waals surface area contributed by atoms with E-state index in [2.05, 4.69) is 60.6 Å². The highest BCUT2D eigenvalue weighted by Crippen LogP contribution is 2.26. The monoisotopic (exact) mass is 906 g/mol. The van der Waals surface area contributed by atoms with Gasteiger partial charge in [-0.25, -0.2) is 15.0 Å². The molecule has 7 aromatic heterocycles. The predicted molar refractivity (Wildman–Crippen MR) is 243 cm³/mol. The molecule has 18 heteroatoms. The molecular weight excluding hydrogens is 853 g/mol. The van der Waals surface area contributed by atoms with Crippen molar-refractivity contribution in [3.05, 3.63) is 174 Å². The number of nitrogens with one attached hydrogen (secondary N) is 3. The molecule has 1 aliphatic rings. The van der Waals surface area contributed by atoms with Gasteiger partial charge in [0.1, 0.15) is 36.9 Å². The Morgan fingerprint density at radius 2 is 0.821 bits per heavy atom. The smallest absolute Gasteiger partial charge is 0.273 e. The van der Waals surface area contributed by atoms with Crippen LogP contribution in [-0.2, 0) is 26.2 Å². The number of hydrogen-bond donors (Lipinski definition) is 3. The SMILES string of the molecule is CC(C)C[C@@H]1NC(=O)c2coc(n2)[C@H](CCCN(Cc2ccccn2)Cc2ccccn2)NC(=O)c2coc(n2)[C@H](CCCN(Cc2ccccn2)Cc2ccccn2)NC(=O)c2coc1n2. The molecule has 1 aliphatic heterocycles. The standard InChI is InChI=1S/C49H54N12O6/c1-33(2)25-40-49-59-42(32-67-49)45(63)55-38(17-11-23-60(26-34-13-3-7-19-50-34)27-35-14-4-8-20-51-35)47-57-41(30-65-47)44(62)54-39(48-58-43(31-66-48)46(64)56-40)18-12-24-61(28-36-15-5-9-21-52-36)29-37-16-6-10-22-53-37/h3-10,13-16,19-22,30-33,38-40H,11-12,17-18,23-29H2,1-2H3,(H,54,62)(H,55,63)(H,56,64)/t38-,39-,40-/m0/s1. The zero-order valence-electron chi connectivity index (χ0n) is 37.5. The van der Waals surface area contributed by atoms with E-state index in [-0.39, 0.29) is 40.7 Å². The second-order valence-electron chi connectivity index (χ2n) is 16.9. The second-order valence-corrected chi connectivity index (χ2v) is 16.9. The fourth-order valence-electron chi connectivity index (χ4n) is 7.91. The summed E-state index contributed by atoms with van der Waals surface area (Å²) in [5, 5.41) is 9.04. The molecule has 6 bridgehead atoms. The highest BCUT2D eigenvalue weighted by molar-refractivity contribution is 5.94. The van der Waals surface area contributed by atoms with Gasteiger partial charge in [0.15, 0.2) is 17.1 Å². The molecule has 7 aromatic rings. The summed E-state index contributed by atoms with van der Waals surface area (Å²) < 4.78 is 17.8. The van der Waals surface area contributed by atoms with Gasteiger partial charge in [-0.3, -0.25) is 44.1 Å². The van der Waals surface area contributed by atoms with E-state index < -0.39 is 35.8 Å². The number of aromatic nitrogens is 7. The van der Waals surface area contributed by atoms with Crippen molar-refractivity contribution in [2.75, 3.05) is 13.1 Å². The summed E-state index contributed by atoms with van der Waals surface area (Å²) in [5.41, 5.74) is 3.63. The van der Waals surface area contributed by atoms with Crippen LogP contribution in [-0.4, -0.2) is 75.5 Å². The molecule has 0 aliphatic carbocycles. The average Bonchev–Trinajstić information content (AvgIpc) is 4.15. The predicted octanol–water partition coefficient (Wildman–Crippen LogP) is 6.97. The van der Waals surface area contributed by atoms with Crippen molar-refractivity contribution in [3.63, 3.8) is 0 Å². The maximum atomic E-state index is 14.1. The fraction of sp³-hybridized carbons (Fsp3) is 0.347. The molecule has 0 unspecified atom stereocenters. The third-order valence-corrected chi connectivity index (χ3v) is 11.2. The van der Waals surface area contributed by atoms with Gasteiger partial charge in [-0.15, -0.1) is 0 Å². The Morgan fingerprint density at radius 1 is 0.493 bits per heavy atom. The molecule has 3 N–H and O–H groups in total. The van der Waals surface area contributed by atoms with Gasteiger partial charge in [0, 0.05) is 51.0 Å². The number of pyridine rings is 4. The number of fused-ring (bicyclic) bond motifs is 6. The van der Waals surface area contributed by atoms with E-state index in [4.69, 9.17) is 13.3 Å². The van der Waals surface area contributed by atoms with Gasteiger partial charge in [-0.1, -0.05) is 38.1 Å². The van der Waals surface area contributed by atoms with Crippen LogP contribution in [0.15, 0.2) is 130 Å². The van der Waals surface area contributed by atoms with Crippen LogP contribution in [0.5, 0.6) is 0 Å². The first-order valence-electron chi connectivity index (χ1n) is 22.6. The van der Waals surface area contributed by atoms with Crippen LogP contribution in [0.4, 0.5) is 0 Å². The summed E-state index contributed by atoms with van der Waals surface area (Å²) in [7, 11) is 0. The number of nitrogens with zero attached hydrogens (tertiary/aromatic N) is 9. The van der Waals surface area contributed by atoms with Crippen LogP contribution in [0.2, 0.25) is 0 Å². The van der Waals surface area contributed by atoms with Gasteiger partial charge < -0.3 is 29.2 Å². The van der Waals surface area contributed by atoms with Gasteiger partial charge in [0.2, 0.25) is 17.7 Å². The van der Waals surface area contributed by atoms with E-state index in [1.807, 2.05) is 86.6 Å². The van der Waals surface area contributed by atoms with Crippen LogP contribution >= 0.6 is 0 Å². The number of carbonyl (C=O) groups excluding carboxylic acids is 3. The van der Waals surface area contributed by atoms with Gasteiger partial charge in [-0.2, -0.15) is 0 Å². The highest BCUT2D eigenvalue weighted by atomic mass is 16.4. The second kappa shape index (κ2) is 22.6. The molecule has 0 radical (unpaired) electrons. The van der Waals surface area contributed by atoms with Crippen LogP contribution in [0.25, 0.3) is 0 Å². The van der Waals surface area contributed by atoms with Crippen LogP contribution in [0.3, 0.4) is 0 Å². The van der Waals surface area contributed by atoms with Crippen molar-refractivity contribution in [3.8, 4) is 0 Å². The van der Waals surface area contributed by atoms with Gasteiger partial charge in [0.05, 0.1) is 22.8 Å². The molecule has 3 atom stereocenters. The quantitative estimate of drug-likeness (QED) is 0.0791. The molecule has 0 saturated heterocycles. The Morgan fingerprint density at radius 3 is 1.13 bits per heavy atom.